The zero-order valence-corrected chi connectivity index (χ0v) is 16.2. The van der Waals surface area contributed by atoms with Crippen LogP contribution >= 0.6 is 11.3 Å². The summed E-state index contributed by atoms with van der Waals surface area (Å²) < 4.78 is 5.40. The standard InChI is InChI=1S/C21H28N2O2S/c1-25-21-9-3-2-6-18(21)7-4-11-22-12-13-23(19(16-22)10-14-24)17-20-8-5-15-26-20/h2-9,15,19,24H,10-14,16-17H2,1H3/b7-4+/t19-/m1/s1. The van der Waals surface area contributed by atoms with E-state index in [1.807, 2.05) is 29.5 Å². The van der Waals surface area contributed by atoms with Gasteiger partial charge in [-0.05, 0) is 23.9 Å². The predicted molar refractivity (Wildman–Crippen MR) is 109 cm³/mol. The van der Waals surface area contributed by atoms with Crippen molar-refractivity contribution in [1.29, 1.82) is 0 Å². The molecule has 0 saturated carbocycles. The Kier molecular flexibility index (Phi) is 7.26. The van der Waals surface area contributed by atoms with E-state index in [1.165, 1.54) is 4.88 Å². The maximum Gasteiger partial charge on any atom is 0.126 e. The quantitative estimate of drug-likeness (QED) is 0.771. The molecule has 1 aliphatic rings. The van der Waals surface area contributed by atoms with Gasteiger partial charge in [0, 0.05) is 55.8 Å². The third kappa shape index (κ3) is 5.17. The fourth-order valence-electron chi connectivity index (χ4n) is 3.49. The highest BCUT2D eigenvalue weighted by molar-refractivity contribution is 7.09. The second-order valence-electron chi connectivity index (χ2n) is 6.62. The normalized spacial score (nSPS) is 19.2. The molecule has 1 aromatic heterocycles. The summed E-state index contributed by atoms with van der Waals surface area (Å²) in [4.78, 5) is 6.39. The van der Waals surface area contributed by atoms with Crippen LogP contribution in [-0.2, 0) is 6.54 Å². The van der Waals surface area contributed by atoms with Gasteiger partial charge in [0.05, 0.1) is 7.11 Å². The van der Waals surface area contributed by atoms with Crippen LogP contribution in [0.15, 0.2) is 47.9 Å². The molecule has 5 heteroatoms. The van der Waals surface area contributed by atoms with Crippen LogP contribution in [0.2, 0.25) is 0 Å². The largest absolute Gasteiger partial charge is 0.496 e. The van der Waals surface area contributed by atoms with Gasteiger partial charge in [-0.1, -0.05) is 36.4 Å². The number of aliphatic hydroxyl groups is 1. The van der Waals surface area contributed by atoms with Gasteiger partial charge < -0.3 is 9.84 Å². The average molecular weight is 373 g/mol. The Labute approximate surface area is 160 Å². The van der Waals surface area contributed by atoms with Crippen LogP contribution in [0.3, 0.4) is 0 Å². The van der Waals surface area contributed by atoms with Gasteiger partial charge in [-0.25, -0.2) is 0 Å². The van der Waals surface area contributed by atoms with E-state index in [0.717, 1.165) is 50.5 Å². The van der Waals surface area contributed by atoms with E-state index in [2.05, 4.69) is 45.5 Å². The Balaban J connectivity index is 1.56. The molecule has 2 aromatic rings. The number of methoxy groups -OCH3 is 1. The lowest BCUT2D eigenvalue weighted by Gasteiger charge is -2.41. The van der Waals surface area contributed by atoms with Crippen molar-refractivity contribution in [2.75, 3.05) is 39.9 Å². The van der Waals surface area contributed by atoms with Crippen LogP contribution in [0.1, 0.15) is 16.9 Å². The molecule has 0 spiro atoms. The Morgan fingerprint density at radius 1 is 1.23 bits per heavy atom. The topological polar surface area (TPSA) is 35.9 Å². The van der Waals surface area contributed by atoms with E-state index in [-0.39, 0.29) is 6.61 Å². The molecule has 3 rings (SSSR count). The Bertz CT molecular complexity index is 687. The SMILES string of the molecule is COc1ccccc1/C=C/CN1CCN(Cc2cccs2)[C@H](CCO)C1. The molecule has 1 atom stereocenters. The summed E-state index contributed by atoms with van der Waals surface area (Å²) in [5, 5.41) is 11.6. The van der Waals surface area contributed by atoms with Crippen molar-refractivity contribution in [3.05, 3.63) is 58.3 Å². The summed E-state index contributed by atoms with van der Waals surface area (Å²) in [6.07, 6.45) is 5.18. The number of ether oxygens (including phenoxy) is 1. The molecule has 0 bridgehead atoms. The Morgan fingerprint density at radius 2 is 2.12 bits per heavy atom. The fraction of sp³-hybridized carbons (Fsp3) is 0.429. The van der Waals surface area contributed by atoms with Gasteiger partial charge in [0.15, 0.2) is 0 Å². The van der Waals surface area contributed by atoms with Gasteiger partial charge in [0.25, 0.3) is 0 Å². The summed E-state index contributed by atoms with van der Waals surface area (Å²) in [7, 11) is 1.71. The first-order valence-electron chi connectivity index (χ1n) is 9.19. The minimum atomic E-state index is 0.247. The molecule has 140 valence electrons. The lowest BCUT2D eigenvalue weighted by atomic mass is 10.1. The molecule has 1 aromatic carbocycles. The van der Waals surface area contributed by atoms with Crippen LogP contribution in [-0.4, -0.2) is 60.8 Å². The van der Waals surface area contributed by atoms with Crippen LogP contribution in [0, 0.1) is 0 Å². The molecule has 4 nitrogen and oxygen atoms in total. The van der Waals surface area contributed by atoms with Crippen molar-refractivity contribution < 1.29 is 9.84 Å². The number of thiophene rings is 1. The molecular formula is C21H28N2O2S. The number of aliphatic hydroxyl groups excluding tert-OH is 1. The Hall–Kier alpha value is -1.66. The monoisotopic (exact) mass is 372 g/mol. The van der Waals surface area contributed by atoms with E-state index >= 15 is 0 Å². The maximum atomic E-state index is 9.46. The first-order chi connectivity index (χ1) is 12.8. The van der Waals surface area contributed by atoms with E-state index in [9.17, 15) is 5.11 Å². The first kappa shape index (κ1) is 19.1. The highest BCUT2D eigenvalue weighted by atomic mass is 32.1. The third-order valence-electron chi connectivity index (χ3n) is 4.89. The molecular weight excluding hydrogens is 344 g/mol. The number of piperazine rings is 1. The van der Waals surface area contributed by atoms with Crippen molar-refractivity contribution in [3.63, 3.8) is 0 Å². The summed E-state index contributed by atoms with van der Waals surface area (Å²) in [6, 6.07) is 12.8. The highest BCUT2D eigenvalue weighted by Gasteiger charge is 2.26. The molecule has 26 heavy (non-hydrogen) atoms. The van der Waals surface area contributed by atoms with Crippen LogP contribution in [0.4, 0.5) is 0 Å². The van der Waals surface area contributed by atoms with Gasteiger partial charge in [0.2, 0.25) is 0 Å². The number of benzene rings is 1. The van der Waals surface area contributed by atoms with Crippen molar-refractivity contribution in [1.82, 2.24) is 9.80 Å². The second-order valence-corrected chi connectivity index (χ2v) is 7.65. The first-order valence-corrected chi connectivity index (χ1v) is 10.1. The smallest absolute Gasteiger partial charge is 0.126 e. The minimum absolute atomic E-state index is 0.247. The van der Waals surface area contributed by atoms with E-state index in [4.69, 9.17) is 4.74 Å². The molecule has 1 aliphatic heterocycles. The van der Waals surface area contributed by atoms with Crippen LogP contribution < -0.4 is 4.74 Å². The predicted octanol–water partition coefficient (Wildman–Crippen LogP) is 3.34. The molecule has 1 fully saturated rings. The van der Waals surface area contributed by atoms with Crippen molar-refractivity contribution in [2.24, 2.45) is 0 Å². The lowest BCUT2D eigenvalue weighted by Crippen LogP contribution is -2.52. The summed E-state index contributed by atoms with van der Waals surface area (Å²) in [6.45, 7) is 5.27. The molecule has 1 N–H and O–H groups in total. The fourth-order valence-corrected chi connectivity index (χ4v) is 4.22. The van der Waals surface area contributed by atoms with Gasteiger partial charge in [-0.3, -0.25) is 9.80 Å². The van der Waals surface area contributed by atoms with Crippen molar-refractivity contribution >= 4 is 17.4 Å². The summed E-state index contributed by atoms with van der Waals surface area (Å²) in [5.41, 5.74) is 1.11. The van der Waals surface area contributed by atoms with Crippen molar-refractivity contribution in [2.45, 2.75) is 19.0 Å². The number of nitrogens with zero attached hydrogens (tertiary/aromatic N) is 2. The molecule has 0 amide bonds. The summed E-state index contributed by atoms with van der Waals surface area (Å²) >= 11 is 1.81. The van der Waals surface area contributed by atoms with Gasteiger partial charge in [0.1, 0.15) is 5.75 Å². The van der Waals surface area contributed by atoms with Gasteiger partial charge >= 0.3 is 0 Å². The van der Waals surface area contributed by atoms with Crippen LogP contribution in [0.25, 0.3) is 6.08 Å². The molecule has 0 aliphatic carbocycles. The zero-order chi connectivity index (χ0) is 18.2. The molecule has 0 unspecified atom stereocenters. The average Bonchev–Trinajstić information content (AvgIpc) is 3.17. The van der Waals surface area contributed by atoms with E-state index in [0.29, 0.717) is 6.04 Å². The summed E-state index contributed by atoms with van der Waals surface area (Å²) in [5.74, 6) is 0.905. The zero-order valence-electron chi connectivity index (χ0n) is 15.4. The maximum absolute atomic E-state index is 9.46. The van der Waals surface area contributed by atoms with E-state index in [1.54, 1.807) is 7.11 Å². The minimum Gasteiger partial charge on any atom is -0.496 e. The molecule has 0 radical (unpaired) electrons. The number of rotatable bonds is 8. The highest BCUT2D eigenvalue weighted by Crippen LogP contribution is 2.20. The number of hydrogen-bond donors (Lipinski definition) is 1. The Morgan fingerprint density at radius 3 is 2.88 bits per heavy atom. The second kappa shape index (κ2) is 9.88. The lowest BCUT2D eigenvalue weighted by molar-refractivity contribution is 0.0604. The molecule has 1 saturated heterocycles. The van der Waals surface area contributed by atoms with E-state index < -0.39 is 0 Å². The van der Waals surface area contributed by atoms with Crippen molar-refractivity contribution in [3.8, 4) is 5.75 Å². The van der Waals surface area contributed by atoms with Gasteiger partial charge in [-0.15, -0.1) is 11.3 Å². The van der Waals surface area contributed by atoms with Crippen LogP contribution in [0.5, 0.6) is 5.75 Å². The van der Waals surface area contributed by atoms with Gasteiger partial charge in [-0.2, -0.15) is 0 Å². The number of para-hydroxylation sites is 1. The third-order valence-corrected chi connectivity index (χ3v) is 5.75. The molecule has 2 heterocycles. The number of hydrogen-bond acceptors (Lipinski definition) is 5.